The predicted molar refractivity (Wildman–Crippen MR) is 149 cm³/mol. The SMILES string of the molecule is C[Si](C)CCOCn1nccc1-c1ccc(Oc2ccc3nc(CN4C[C@@H]5C(C(=O)O)[C@@H]5C4)ccc3c2)nc1. The zero-order valence-electron chi connectivity index (χ0n) is 22.2. The molecule has 1 aromatic carbocycles. The van der Waals surface area contributed by atoms with Crippen LogP contribution in [0.5, 0.6) is 11.6 Å². The Morgan fingerprint density at radius 2 is 1.95 bits per heavy atom. The number of piperidine rings is 1. The third kappa shape index (κ3) is 5.73. The summed E-state index contributed by atoms with van der Waals surface area (Å²) in [6.07, 6.45) is 3.56. The van der Waals surface area contributed by atoms with Crippen LogP contribution in [0.15, 0.2) is 60.9 Å². The smallest absolute Gasteiger partial charge is 0.307 e. The highest BCUT2D eigenvalue weighted by molar-refractivity contribution is 6.55. The summed E-state index contributed by atoms with van der Waals surface area (Å²) < 4.78 is 13.7. The van der Waals surface area contributed by atoms with Crippen LogP contribution in [0.1, 0.15) is 5.69 Å². The van der Waals surface area contributed by atoms with Gasteiger partial charge in [-0.3, -0.25) is 14.7 Å². The minimum atomic E-state index is -0.649. The quantitative estimate of drug-likeness (QED) is 0.213. The topological polar surface area (TPSA) is 103 Å². The average molecular weight is 543 g/mol. The molecule has 6 rings (SSSR count). The molecule has 1 saturated carbocycles. The number of carboxylic acid groups (broad SMARTS) is 1. The second-order valence-electron chi connectivity index (χ2n) is 10.7. The van der Waals surface area contributed by atoms with Gasteiger partial charge >= 0.3 is 5.97 Å². The van der Waals surface area contributed by atoms with Crippen LogP contribution in [0.4, 0.5) is 0 Å². The predicted octanol–water partition coefficient (Wildman–Crippen LogP) is 4.78. The summed E-state index contributed by atoms with van der Waals surface area (Å²) in [5, 5.41) is 14.6. The van der Waals surface area contributed by atoms with Crippen molar-refractivity contribution in [2.45, 2.75) is 32.4 Å². The number of fused-ring (bicyclic) bond motifs is 2. The third-order valence-corrected chi connectivity index (χ3v) is 8.79. The van der Waals surface area contributed by atoms with E-state index in [0.29, 0.717) is 30.2 Å². The van der Waals surface area contributed by atoms with Gasteiger partial charge in [-0.1, -0.05) is 19.2 Å². The molecule has 1 saturated heterocycles. The summed E-state index contributed by atoms with van der Waals surface area (Å²) in [4.78, 5) is 22.8. The number of hydrogen-bond donors (Lipinski definition) is 1. The van der Waals surface area contributed by atoms with Gasteiger partial charge in [-0.05, 0) is 54.3 Å². The molecule has 0 spiro atoms. The summed E-state index contributed by atoms with van der Waals surface area (Å²) in [6, 6.07) is 16.8. The van der Waals surface area contributed by atoms with E-state index in [1.54, 1.807) is 12.4 Å². The van der Waals surface area contributed by atoms with Gasteiger partial charge in [0.25, 0.3) is 0 Å². The van der Waals surface area contributed by atoms with Gasteiger partial charge in [0.2, 0.25) is 5.88 Å². The number of aliphatic carboxylic acids is 1. The average Bonchev–Trinajstić information content (AvgIpc) is 3.22. The van der Waals surface area contributed by atoms with Crippen molar-refractivity contribution in [3.63, 3.8) is 0 Å². The molecule has 2 fully saturated rings. The van der Waals surface area contributed by atoms with Gasteiger partial charge in [0.05, 0.1) is 22.8 Å². The molecular weight excluding hydrogens is 510 g/mol. The first-order valence-electron chi connectivity index (χ1n) is 13.3. The molecule has 2 aliphatic rings. The number of hydrogen-bond acceptors (Lipinski definition) is 7. The number of aromatic nitrogens is 4. The summed E-state index contributed by atoms with van der Waals surface area (Å²) >= 11 is 0. The standard InChI is InChI=1S/C29H32N5O4Si/c1-39(2)12-11-37-18-34-26(9-10-31-34)20-4-8-27(30-14-20)38-22-6-7-25-19(13-22)3-5-21(32-25)15-33-16-23-24(17-33)28(23)29(35)36/h3-10,13-14,23-24,28H,11-12,15-18H2,1-2H3,(H,35,36)/t23-,24+,28?. The molecular formula is C29H32N5O4Si. The summed E-state index contributed by atoms with van der Waals surface area (Å²) in [7, 11) is -0.289. The Hall–Kier alpha value is -3.60. The molecule has 9 nitrogen and oxygen atoms in total. The van der Waals surface area contributed by atoms with E-state index in [4.69, 9.17) is 14.5 Å². The van der Waals surface area contributed by atoms with E-state index in [9.17, 15) is 9.90 Å². The molecule has 1 aliphatic carbocycles. The highest BCUT2D eigenvalue weighted by atomic mass is 28.3. The lowest BCUT2D eigenvalue weighted by atomic mass is 10.2. The molecule has 201 valence electrons. The lowest BCUT2D eigenvalue weighted by Gasteiger charge is -2.18. The zero-order valence-corrected chi connectivity index (χ0v) is 23.2. The maximum absolute atomic E-state index is 11.2. The number of carbonyl (C=O) groups is 1. The molecule has 39 heavy (non-hydrogen) atoms. The largest absolute Gasteiger partial charge is 0.481 e. The van der Waals surface area contributed by atoms with Crippen LogP contribution < -0.4 is 4.74 Å². The van der Waals surface area contributed by atoms with Gasteiger partial charge in [-0.25, -0.2) is 9.67 Å². The lowest BCUT2D eigenvalue weighted by molar-refractivity contribution is -0.139. The molecule has 1 aliphatic heterocycles. The highest BCUT2D eigenvalue weighted by Crippen LogP contribution is 2.51. The Kier molecular flexibility index (Phi) is 7.16. The molecule has 3 aromatic heterocycles. The Bertz CT molecular complexity index is 1460. The Balaban J connectivity index is 1.06. The van der Waals surface area contributed by atoms with Crippen molar-refractivity contribution in [3.8, 4) is 22.9 Å². The van der Waals surface area contributed by atoms with Crippen LogP contribution in [0.25, 0.3) is 22.2 Å². The maximum Gasteiger partial charge on any atom is 0.307 e. The summed E-state index contributed by atoms with van der Waals surface area (Å²) in [5.74, 6) is 1.03. The third-order valence-electron chi connectivity index (χ3n) is 7.59. The minimum Gasteiger partial charge on any atom is -0.481 e. The van der Waals surface area contributed by atoms with Crippen molar-refractivity contribution in [3.05, 3.63) is 66.6 Å². The van der Waals surface area contributed by atoms with E-state index in [2.05, 4.69) is 34.1 Å². The van der Waals surface area contributed by atoms with Crippen molar-refractivity contribution in [1.29, 1.82) is 0 Å². The van der Waals surface area contributed by atoms with Crippen LogP contribution in [0.2, 0.25) is 19.1 Å². The van der Waals surface area contributed by atoms with Gasteiger partial charge in [0.15, 0.2) is 0 Å². The number of ether oxygens (including phenoxy) is 2. The molecule has 4 heterocycles. The number of pyridine rings is 2. The van der Waals surface area contributed by atoms with Gasteiger partial charge in [0.1, 0.15) is 12.5 Å². The van der Waals surface area contributed by atoms with E-state index in [-0.39, 0.29) is 14.7 Å². The van der Waals surface area contributed by atoms with E-state index in [1.807, 2.05) is 47.1 Å². The normalized spacial score (nSPS) is 20.4. The summed E-state index contributed by atoms with van der Waals surface area (Å²) in [5.41, 5.74) is 3.80. The van der Waals surface area contributed by atoms with Gasteiger partial charge in [0, 0.05) is 64.4 Å². The van der Waals surface area contributed by atoms with Crippen LogP contribution >= 0.6 is 0 Å². The van der Waals surface area contributed by atoms with Crippen molar-refractivity contribution in [2.24, 2.45) is 17.8 Å². The van der Waals surface area contributed by atoms with Crippen molar-refractivity contribution in [1.82, 2.24) is 24.6 Å². The van der Waals surface area contributed by atoms with Crippen molar-refractivity contribution in [2.75, 3.05) is 19.7 Å². The number of rotatable bonds is 11. The molecule has 0 bridgehead atoms. The molecule has 0 amide bonds. The van der Waals surface area contributed by atoms with Crippen LogP contribution in [-0.2, 0) is 22.8 Å². The van der Waals surface area contributed by atoms with E-state index in [0.717, 1.165) is 60.1 Å². The first kappa shape index (κ1) is 25.7. The fourth-order valence-corrected chi connectivity index (χ4v) is 6.01. The summed E-state index contributed by atoms with van der Waals surface area (Å²) in [6.45, 7) is 8.17. The van der Waals surface area contributed by atoms with E-state index in [1.165, 1.54) is 0 Å². The number of likely N-dealkylation sites (tertiary alicyclic amines) is 1. The number of benzene rings is 1. The van der Waals surface area contributed by atoms with Gasteiger partial charge in [-0.2, -0.15) is 5.10 Å². The molecule has 1 N–H and O–H groups in total. The van der Waals surface area contributed by atoms with E-state index < -0.39 is 5.97 Å². The second kappa shape index (κ2) is 10.9. The molecule has 1 unspecified atom stereocenters. The maximum atomic E-state index is 11.2. The molecule has 10 heteroatoms. The Morgan fingerprint density at radius 1 is 1.10 bits per heavy atom. The van der Waals surface area contributed by atoms with Gasteiger partial charge < -0.3 is 14.6 Å². The van der Waals surface area contributed by atoms with Crippen LogP contribution in [-0.4, -0.2) is 64.2 Å². The molecule has 3 atom stereocenters. The first-order valence-corrected chi connectivity index (χ1v) is 16.0. The second-order valence-corrected chi connectivity index (χ2v) is 13.7. The fourth-order valence-electron chi connectivity index (χ4n) is 5.46. The highest BCUT2D eigenvalue weighted by Gasteiger charge is 2.59. The zero-order chi connectivity index (χ0) is 26.9. The number of carboxylic acids is 1. The number of nitrogens with zero attached hydrogens (tertiary/aromatic N) is 5. The van der Waals surface area contributed by atoms with Crippen LogP contribution in [0.3, 0.4) is 0 Å². The minimum absolute atomic E-state index is 0.140. The Morgan fingerprint density at radius 3 is 2.69 bits per heavy atom. The van der Waals surface area contributed by atoms with Crippen molar-refractivity contribution < 1.29 is 19.4 Å². The lowest BCUT2D eigenvalue weighted by Crippen LogP contribution is -2.26. The Labute approximate surface area is 229 Å². The van der Waals surface area contributed by atoms with E-state index >= 15 is 0 Å². The molecule has 1 radical (unpaired) electrons. The first-order chi connectivity index (χ1) is 18.9. The van der Waals surface area contributed by atoms with Crippen molar-refractivity contribution >= 4 is 25.7 Å². The monoisotopic (exact) mass is 542 g/mol. The molecule has 4 aromatic rings. The fraction of sp³-hybridized carbons (Fsp3) is 0.379. The van der Waals surface area contributed by atoms with Gasteiger partial charge in [-0.15, -0.1) is 0 Å². The van der Waals surface area contributed by atoms with Crippen LogP contribution in [0, 0.1) is 17.8 Å².